The molecule has 20 heavy (non-hydrogen) atoms. The maximum Gasteiger partial charge on any atom is 0.182 e. The second-order valence-electron chi connectivity index (χ2n) is 5.07. The Morgan fingerprint density at radius 2 is 1.05 bits per heavy atom. The van der Waals surface area contributed by atoms with Crippen LogP contribution in [0.5, 0.6) is 0 Å². The van der Waals surface area contributed by atoms with Gasteiger partial charge in [0.15, 0.2) is 5.78 Å². The zero-order chi connectivity index (χ0) is 14.8. The molecule has 2 atom stereocenters. The Kier molecular flexibility index (Phi) is 4.22. The van der Waals surface area contributed by atoms with Crippen LogP contribution in [-0.4, -0.2) is 5.78 Å². The number of halogens is 2. The van der Waals surface area contributed by atoms with Crippen LogP contribution in [0.25, 0.3) is 0 Å². The van der Waals surface area contributed by atoms with Gasteiger partial charge in [0.05, 0.1) is 0 Å². The van der Waals surface area contributed by atoms with E-state index in [1.165, 1.54) is 0 Å². The predicted octanol–water partition coefficient (Wildman–Crippen LogP) is 4.86. The molecule has 0 saturated heterocycles. The molecule has 0 fully saturated rings. The second kappa shape index (κ2) is 5.59. The average Bonchev–Trinajstić information content (AvgIpc) is 2.48. The maximum atomic E-state index is 12.8. The quantitative estimate of drug-likeness (QED) is 0.737. The highest BCUT2D eigenvalue weighted by Crippen LogP contribution is 2.41. The molecular formula is C17H16Cl2O. The minimum Gasteiger partial charge on any atom is -0.295 e. The van der Waals surface area contributed by atoms with Gasteiger partial charge in [-0.1, -0.05) is 60.7 Å². The summed E-state index contributed by atoms with van der Waals surface area (Å²) in [5.74, 6) is -0.231. The van der Waals surface area contributed by atoms with Crippen molar-refractivity contribution in [2.75, 3.05) is 0 Å². The van der Waals surface area contributed by atoms with Gasteiger partial charge in [0.2, 0.25) is 0 Å². The molecule has 0 radical (unpaired) electrons. The van der Waals surface area contributed by atoms with Crippen molar-refractivity contribution in [2.24, 2.45) is 0 Å². The van der Waals surface area contributed by atoms with Crippen molar-refractivity contribution >= 4 is 29.0 Å². The van der Waals surface area contributed by atoms with E-state index in [2.05, 4.69) is 0 Å². The van der Waals surface area contributed by atoms with Crippen LogP contribution in [0.15, 0.2) is 60.7 Å². The summed E-state index contributed by atoms with van der Waals surface area (Å²) in [5, 5.41) is 0. The van der Waals surface area contributed by atoms with Crippen molar-refractivity contribution in [3.63, 3.8) is 0 Å². The number of alkyl halides is 2. The number of benzene rings is 2. The van der Waals surface area contributed by atoms with Crippen molar-refractivity contribution in [3.8, 4) is 0 Å². The molecule has 0 heterocycles. The molecule has 0 aliphatic rings. The van der Waals surface area contributed by atoms with Gasteiger partial charge in [0.25, 0.3) is 0 Å². The first-order valence-electron chi connectivity index (χ1n) is 6.40. The fourth-order valence-corrected chi connectivity index (χ4v) is 2.88. The van der Waals surface area contributed by atoms with Gasteiger partial charge < -0.3 is 0 Å². The van der Waals surface area contributed by atoms with E-state index in [1.54, 1.807) is 13.8 Å². The van der Waals surface area contributed by atoms with Gasteiger partial charge in [-0.3, -0.25) is 4.79 Å². The van der Waals surface area contributed by atoms with Gasteiger partial charge in [-0.15, -0.1) is 23.2 Å². The normalized spacial score (nSPS) is 17.0. The Balaban J connectivity index is 2.40. The summed E-state index contributed by atoms with van der Waals surface area (Å²) in [7, 11) is 0. The predicted molar refractivity (Wildman–Crippen MR) is 84.3 cm³/mol. The summed E-state index contributed by atoms with van der Waals surface area (Å²) in [6.07, 6.45) is 0. The smallest absolute Gasteiger partial charge is 0.182 e. The van der Waals surface area contributed by atoms with Crippen molar-refractivity contribution < 1.29 is 4.79 Å². The van der Waals surface area contributed by atoms with Crippen LogP contribution in [0, 0.1) is 0 Å². The van der Waals surface area contributed by atoms with E-state index in [0.717, 1.165) is 11.1 Å². The first-order valence-corrected chi connectivity index (χ1v) is 7.16. The van der Waals surface area contributed by atoms with Gasteiger partial charge in [-0.2, -0.15) is 0 Å². The van der Waals surface area contributed by atoms with Crippen LogP contribution >= 0.6 is 23.2 Å². The summed E-state index contributed by atoms with van der Waals surface area (Å²) < 4.78 is 0. The summed E-state index contributed by atoms with van der Waals surface area (Å²) in [5.41, 5.74) is 1.49. The van der Waals surface area contributed by atoms with E-state index in [-0.39, 0.29) is 5.78 Å². The highest BCUT2D eigenvalue weighted by atomic mass is 35.5. The van der Waals surface area contributed by atoms with Crippen molar-refractivity contribution in [3.05, 3.63) is 71.8 Å². The van der Waals surface area contributed by atoms with Gasteiger partial charge in [-0.05, 0) is 25.0 Å². The summed E-state index contributed by atoms with van der Waals surface area (Å²) in [6, 6.07) is 18.6. The molecule has 0 bridgehead atoms. The lowest BCUT2D eigenvalue weighted by Crippen LogP contribution is -2.39. The molecule has 104 valence electrons. The largest absolute Gasteiger partial charge is 0.295 e. The van der Waals surface area contributed by atoms with Crippen LogP contribution in [0.1, 0.15) is 25.0 Å². The topological polar surface area (TPSA) is 17.1 Å². The lowest BCUT2D eigenvalue weighted by molar-refractivity contribution is -0.123. The lowest BCUT2D eigenvalue weighted by Gasteiger charge is -2.30. The standard InChI is InChI=1S/C17H16Cl2O/c1-16(18,13-9-5-3-6-10-13)15(20)17(2,19)14-11-7-4-8-12-14/h3-12H,1-2H3. The highest BCUT2D eigenvalue weighted by molar-refractivity contribution is 6.44. The van der Waals surface area contributed by atoms with Gasteiger partial charge >= 0.3 is 0 Å². The molecule has 0 aliphatic heterocycles. The number of carbonyl (C=O) groups excluding carboxylic acids is 1. The zero-order valence-electron chi connectivity index (χ0n) is 11.4. The second-order valence-corrected chi connectivity index (χ2v) is 6.58. The Bertz CT molecular complexity index is 535. The molecule has 0 saturated carbocycles. The minimum absolute atomic E-state index is 0.231. The molecule has 0 spiro atoms. The molecule has 0 N–H and O–H groups in total. The Morgan fingerprint density at radius 3 is 1.35 bits per heavy atom. The molecule has 2 rings (SSSR count). The third kappa shape index (κ3) is 2.74. The van der Waals surface area contributed by atoms with Crippen LogP contribution in [-0.2, 0) is 14.5 Å². The van der Waals surface area contributed by atoms with E-state index < -0.39 is 9.75 Å². The number of ketones is 1. The van der Waals surface area contributed by atoms with Crippen molar-refractivity contribution in [1.82, 2.24) is 0 Å². The van der Waals surface area contributed by atoms with E-state index in [0.29, 0.717) is 0 Å². The van der Waals surface area contributed by atoms with Gasteiger partial charge in [0.1, 0.15) is 9.75 Å². The van der Waals surface area contributed by atoms with E-state index >= 15 is 0 Å². The fourth-order valence-electron chi connectivity index (χ4n) is 2.21. The van der Waals surface area contributed by atoms with Crippen LogP contribution in [0.2, 0.25) is 0 Å². The Morgan fingerprint density at radius 1 is 0.750 bits per heavy atom. The average molecular weight is 307 g/mol. The first kappa shape index (κ1) is 15.1. The van der Waals surface area contributed by atoms with Crippen molar-refractivity contribution in [2.45, 2.75) is 23.6 Å². The van der Waals surface area contributed by atoms with Gasteiger partial charge in [-0.25, -0.2) is 0 Å². The van der Waals surface area contributed by atoms with Crippen LogP contribution < -0.4 is 0 Å². The van der Waals surface area contributed by atoms with E-state index in [1.807, 2.05) is 60.7 Å². The Labute approximate surface area is 129 Å². The lowest BCUT2D eigenvalue weighted by atomic mass is 9.84. The highest BCUT2D eigenvalue weighted by Gasteiger charge is 2.44. The number of carbonyl (C=O) groups is 1. The SMILES string of the molecule is CC(Cl)(C(=O)C(C)(Cl)c1ccccc1)c1ccccc1. The van der Waals surface area contributed by atoms with Gasteiger partial charge in [0, 0.05) is 0 Å². The molecule has 2 aromatic carbocycles. The summed E-state index contributed by atoms with van der Waals surface area (Å²) >= 11 is 13.0. The fraction of sp³-hybridized carbons (Fsp3) is 0.235. The summed E-state index contributed by atoms with van der Waals surface area (Å²) in [4.78, 5) is 10.5. The minimum atomic E-state index is -1.16. The number of Topliss-reactive ketones (excluding diaryl/α,β-unsaturated/α-hetero) is 1. The van der Waals surface area contributed by atoms with Crippen LogP contribution in [0.3, 0.4) is 0 Å². The summed E-state index contributed by atoms with van der Waals surface area (Å²) in [6.45, 7) is 3.38. The molecule has 1 nitrogen and oxygen atoms in total. The molecule has 2 aromatic rings. The maximum absolute atomic E-state index is 12.8. The molecule has 0 amide bonds. The monoisotopic (exact) mass is 306 g/mol. The zero-order valence-corrected chi connectivity index (χ0v) is 12.9. The third-order valence-electron chi connectivity index (χ3n) is 3.48. The van der Waals surface area contributed by atoms with Crippen LogP contribution in [0.4, 0.5) is 0 Å². The molecule has 0 aliphatic carbocycles. The molecule has 0 aromatic heterocycles. The molecule has 2 unspecified atom stereocenters. The third-order valence-corrected chi connectivity index (χ3v) is 4.26. The first-order chi connectivity index (χ1) is 9.37. The molecular weight excluding hydrogens is 291 g/mol. The number of hydrogen-bond donors (Lipinski definition) is 0. The molecule has 3 heteroatoms. The number of hydrogen-bond acceptors (Lipinski definition) is 1. The van der Waals surface area contributed by atoms with Crippen molar-refractivity contribution in [1.29, 1.82) is 0 Å². The van der Waals surface area contributed by atoms with E-state index in [4.69, 9.17) is 23.2 Å². The number of rotatable bonds is 4. The Hall–Kier alpha value is -1.31. The van der Waals surface area contributed by atoms with E-state index in [9.17, 15) is 4.79 Å².